The van der Waals surface area contributed by atoms with Crippen LogP contribution in [-0.4, -0.2) is 99.9 Å². The van der Waals surface area contributed by atoms with Crippen LogP contribution in [0.25, 0.3) is 33.4 Å². The largest absolute Gasteiger partial charge is 0.493 e. The van der Waals surface area contributed by atoms with Crippen LogP contribution < -0.4 is 30.3 Å². The number of carbonyl (C=O) groups is 5. The molecule has 5 amide bonds. The van der Waals surface area contributed by atoms with Crippen LogP contribution in [-0.2, 0) is 23.8 Å². The molecule has 1 saturated heterocycles. The van der Waals surface area contributed by atoms with Crippen molar-refractivity contribution < 1.29 is 56.8 Å². The molecule has 8 rings (SSSR count). The predicted molar refractivity (Wildman–Crippen MR) is 255 cm³/mol. The number of halogens is 1. The van der Waals surface area contributed by atoms with Gasteiger partial charge in [0.1, 0.15) is 47.8 Å². The van der Waals surface area contributed by atoms with Gasteiger partial charge >= 0.3 is 0 Å². The molecule has 0 saturated carbocycles. The molecule has 0 bridgehead atoms. The fourth-order valence-corrected chi connectivity index (χ4v) is 8.14. The van der Waals surface area contributed by atoms with Gasteiger partial charge in [-0.05, 0) is 85.6 Å². The number of hydrogen-bond acceptors (Lipinski definition) is 14. The van der Waals surface area contributed by atoms with E-state index in [9.17, 15) is 34.0 Å². The SMILES string of the molecule is CCOc1cc2oc(-c3ccc(OCCOCCOCCOCCOc4cccc5c4C(=O)N(C4CCC(=O)NC4=O)C5=O)cc3Cl)cc(=O)c2cc1-c1cc(C#N)cc(C(=O)Nc2ccccc2)c1. The highest BCUT2D eigenvalue weighted by atomic mass is 35.5. The molecule has 1 aromatic heterocycles. The molecule has 17 nitrogen and oxygen atoms in total. The van der Waals surface area contributed by atoms with E-state index in [1.807, 2.05) is 13.0 Å². The van der Waals surface area contributed by atoms with E-state index in [2.05, 4.69) is 16.7 Å². The highest BCUT2D eigenvalue weighted by Crippen LogP contribution is 2.38. The zero-order chi connectivity index (χ0) is 49.1. The molecular formula is C52H45ClN4O13. The second kappa shape index (κ2) is 22.5. The summed E-state index contributed by atoms with van der Waals surface area (Å²) in [6, 6.07) is 29.0. The number of piperidine rings is 1. The van der Waals surface area contributed by atoms with Gasteiger partial charge in [-0.25, -0.2) is 0 Å². The van der Waals surface area contributed by atoms with Crippen LogP contribution in [0.4, 0.5) is 5.69 Å². The summed E-state index contributed by atoms with van der Waals surface area (Å²) in [5, 5.41) is 15.4. The van der Waals surface area contributed by atoms with Crippen molar-refractivity contribution >= 4 is 57.8 Å². The maximum absolute atomic E-state index is 13.6. The van der Waals surface area contributed by atoms with Crippen molar-refractivity contribution in [1.29, 1.82) is 5.26 Å². The Hall–Kier alpha value is -7.88. The number of hydrogen-bond donors (Lipinski definition) is 2. The third-order valence-electron chi connectivity index (χ3n) is 11.2. The minimum Gasteiger partial charge on any atom is -0.493 e. The van der Waals surface area contributed by atoms with Crippen LogP contribution in [0.3, 0.4) is 0 Å². The van der Waals surface area contributed by atoms with Crippen molar-refractivity contribution in [1.82, 2.24) is 10.2 Å². The lowest BCUT2D eigenvalue weighted by Crippen LogP contribution is -2.54. The van der Waals surface area contributed by atoms with Gasteiger partial charge in [0.2, 0.25) is 11.8 Å². The quantitative estimate of drug-likeness (QED) is 0.0538. The van der Waals surface area contributed by atoms with Crippen molar-refractivity contribution in [3.05, 3.63) is 141 Å². The topological polar surface area (TPSA) is 222 Å². The summed E-state index contributed by atoms with van der Waals surface area (Å²) < 4.78 is 40.6. The van der Waals surface area contributed by atoms with Crippen LogP contribution in [0.2, 0.25) is 5.02 Å². The van der Waals surface area contributed by atoms with Crippen LogP contribution >= 0.6 is 11.6 Å². The molecule has 1 fully saturated rings. The van der Waals surface area contributed by atoms with Crippen LogP contribution in [0.1, 0.15) is 56.4 Å². The number of benzene rings is 5. The monoisotopic (exact) mass is 968 g/mol. The van der Waals surface area contributed by atoms with Crippen molar-refractivity contribution in [2.45, 2.75) is 25.8 Å². The van der Waals surface area contributed by atoms with E-state index >= 15 is 0 Å². The molecule has 5 aromatic carbocycles. The summed E-state index contributed by atoms with van der Waals surface area (Å²) in [5.41, 5.74) is 2.68. The minimum absolute atomic E-state index is 0.0274. The Bertz CT molecular complexity index is 3080. The Kier molecular flexibility index (Phi) is 15.6. The molecule has 1 unspecified atom stereocenters. The first-order valence-electron chi connectivity index (χ1n) is 22.3. The summed E-state index contributed by atoms with van der Waals surface area (Å²) in [6.45, 7) is 4.05. The molecule has 2 aliphatic rings. The first kappa shape index (κ1) is 48.6. The zero-order valence-electron chi connectivity index (χ0n) is 37.8. The molecule has 1 atom stereocenters. The summed E-state index contributed by atoms with van der Waals surface area (Å²) >= 11 is 6.68. The van der Waals surface area contributed by atoms with Gasteiger partial charge in [0.15, 0.2) is 5.43 Å². The number of nitrogens with one attached hydrogen (secondary N) is 2. The van der Waals surface area contributed by atoms with E-state index in [0.717, 1.165) is 4.90 Å². The number of amides is 5. The molecular weight excluding hydrogens is 924 g/mol. The molecule has 2 aliphatic heterocycles. The number of fused-ring (bicyclic) bond motifs is 2. The maximum atomic E-state index is 13.6. The minimum atomic E-state index is -1.07. The fraction of sp³-hybridized carbons (Fsp3) is 0.250. The highest BCUT2D eigenvalue weighted by Gasteiger charge is 2.46. The lowest BCUT2D eigenvalue weighted by atomic mass is 9.97. The Morgan fingerprint density at radius 2 is 1.49 bits per heavy atom. The first-order chi connectivity index (χ1) is 34.0. The molecule has 70 heavy (non-hydrogen) atoms. The van der Waals surface area contributed by atoms with E-state index < -0.39 is 35.6 Å². The van der Waals surface area contributed by atoms with E-state index in [4.69, 9.17) is 44.4 Å². The van der Waals surface area contributed by atoms with Gasteiger partial charge in [0, 0.05) is 40.9 Å². The van der Waals surface area contributed by atoms with E-state index in [0.29, 0.717) is 53.7 Å². The molecule has 18 heteroatoms. The number of anilines is 1. The summed E-state index contributed by atoms with van der Waals surface area (Å²) in [7, 11) is 0. The number of imide groups is 2. The van der Waals surface area contributed by atoms with Gasteiger partial charge < -0.3 is 38.2 Å². The van der Waals surface area contributed by atoms with Gasteiger partial charge in [-0.15, -0.1) is 0 Å². The summed E-state index contributed by atoms with van der Waals surface area (Å²) in [4.78, 5) is 77.9. The molecule has 2 N–H and O–H groups in total. The second-order valence-electron chi connectivity index (χ2n) is 15.8. The summed E-state index contributed by atoms with van der Waals surface area (Å²) in [6.07, 6.45) is 0.0863. The van der Waals surface area contributed by atoms with Gasteiger partial charge in [0.25, 0.3) is 17.7 Å². The predicted octanol–water partition coefficient (Wildman–Crippen LogP) is 7.21. The van der Waals surface area contributed by atoms with Gasteiger partial charge in [-0.1, -0.05) is 35.9 Å². The van der Waals surface area contributed by atoms with E-state index in [-0.39, 0.29) is 108 Å². The Balaban J connectivity index is 0.771. The smallest absolute Gasteiger partial charge is 0.266 e. The Labute approximate surface area is 405 Å². The van der Waals surface area contributed by atoms with E-state index in [1.54, 1.807) is 78.9 Å². The highest BCUT2D eigenvalue weighted by molar-refractivity contribution is 6.33. The van der Waals surface area contributed by atoms with Crippen LogP contribution in [0.5, 0.6) is 17.2 Å². The van der Waals surface area contributed by atoms with E-state index in [1.165, 1.54) is 18.2 Å². The standard InChI is InChI=1S/C52H45ClN4O13/c1-2-67-44-29-46-39(27-38(44)32-23-31(30-54)24-33(25-32)49(60)55-34-7-4-3-5-8-34)42(58)28-45(70-46)36-12-11-35(26-40(36)53)68-21-19-65-17-15-64-16-18-66-20-22-69-43-10-6-9-37-48(43)52(63)57(51(37)62)41-13-14-47(59)56-50(41)61/h3-12,23-29,41H,2,13-22H2,1H3,(H,55,60)(H,56,59,61). The lowest BCUT2D eigenvalue weighted by Gasteiger charge is -2.27. The van der Waals surface area contributed by atoms with Crippen molar-refractivity contribution in [3.63, 3.8) is 0 Å². The molecule has 3 heterocycles. The van der Waals surface area contributed by atoms with Crippen LogP contribution in [0.15, 0.2) is 112 Å². The molecule has 358 valence electrons. The molecule has 0 spiro atoms. The van der Waals surface area contributed by atoms with Gasteiger partial charge in [-0.3, -0.25) is 39.0 Å². The number of ether oxygens (including phenoxy) is 6. The number of nitriles is 1. The molecule has 6 aromatic rings. The zero-order valence-corrected chi connectivity index (χ0v) is 38.5. The average molecular weight is 969 g/mol. The third-order valence-corrected chi connectivity index (χ3v) is 11.5. The molecule has 0 aliphatic carbocycles. The second-order valence-corrected chi connectivity index (χ2v) is 16.2. The normalized spacial score (nSPS) is 14.3. The Morgan fingerprint density at radius 1 is 0.757 bits per heavy atom. The average Bonchev–Trinajstić information content (AvgIpc) is 3.61. The number of carbonyl (C=O) groups excluding carboxylic acids is 5. The Morgan fingerprint density at radius 3 is 2.19 bits per heavy atom. The number of para-hydroxylation sites is 1. The molecule has 0 radical (unpaired) electrons. The number of rotatable bonds is 21. The summed E-state index contributed by atoms with van der Waals surface area (Å²) in [5.74, 6) is -1.51. The van der Waals surface area contributed by atoms with Gasteiger partial charge in [-0.2, -0.15) is 5.26 Å². The fourth-order valence-electron chi connectivity index (χ4n) is 7.88. The first-order valence-corrected chi connectivity index (χ1v) is 22.7. The van der Waals surface area contributed by atoms with Gasteiger partial charge in [0.05, 0.1) is 79.4 Å². The maximum Gasteiger partial charge on any atom is 0.266 e. The lowest BCUT2D eigenvalue weighted by molar-refractivity contribution is -0.136. The van der Waals surface area contributed by atoms with Crippen molar-refractivity contribution in [2.24, 2.45) is 0 Å². The van der Waals surface area contributed by atoms with Crippen molar-refractivity contribution in [3.8, 4) is 45.8 Å². The van der Waals surface area contributed by atoms with Crippen LogP contribution in [0, 0.1) is 11.3 Å². The van der Waals surface area contributed by atoms with Crippen molar-refractivity contribution in [2.75, 3.05) is 64.8 Å². The number of nitrogens with zero attached hydrogens (tertiary/aromatic N) is 2. The third kappa shape index (κ3) is 11.2.